The zero-order chi connectivity index (χ0) is 44.1. The smallest absolute Gasteiger partial charge is 0.312 e. The third-order valence-corrected chi connectivity index (χ3v) is 11.4. The van der Waals surface area contributed by atoms with Crippen LogP contribution in [0.4, 0.5) is 5.69 Å². The number of rotatable bonds is 8. The van der Waals surface area contributed by atoms with E-state index in [-0.39, 0.29) is 50.6 Å². The number of carbonyl (C=O) groups excluding carboxylic acids is 4. The summed E-state index contributed by atoms with van der Waals surface area (Å²) in [6.45, 7) is 16.8. The van der Waals surface area contributed by atoms with Gasteiger partial charge in [0.05, 0.1) is 41.2 Å². The highest BCUT2D eigenvalue weighted by molar-refractivity contribution is 6.21. The summed E-state index contributed by atoms with van der Waals surface area (Å²) in [5.41, 5.74) is 0.000400. The summed E-state index contributed by atoms with van der Waals surface area (Å²) >= 11 is 0. The number of hydrogen-bond donors (Lipinski definition) is 5. The summed E-state index contributed by atoms with van der Waals surface area (Å²) in [4.78, 5) is 55.2. The van der Waals surface area contributed by atoms with Crippen LogP contribution in [0.25, 0.3) is 10.8 Å². The van der Waals surface area contributed by atoms with Crippen molar-refractivity contribution in [2.24, 2.45) is 23.7 Å². The number of carbonyl (C=O) groups is 4. The summed E-state index contributed by atoms with van der Waals surface area (Å²) in [5, 5.41) is 48.5. The number of allylic oxidation sites excluding steroid dienone is 2. The van der Waals surface area contributed by atoms with Crippen LogP contribution in [0.5, 0.6) is 23.0 Å². The van der Waals surface area contributed by atoms with E-state index in [0.29, 0.717) is 19.5 Å². The van der Waals surface area contributed by atoms with E-state index in [2.05, 4.69) is 5.32 Å². The fourth-order valence-corrected chi connectivity index (χ4v) is 7.71. The molecular weight excluding hydrogens is 764 g/mol. The molecule has 5 rings (SSSR count). The standard InChI is InChI=1S/C44H60N2O13/c1-12-18-46(13-2)32(48)21-56-31-20-29-39(52)34-33(31)35-41(27(8)38(34)51)59-44(10,42(35)53)57-19-17-30(55-11)24(5)40(58-28(9)47)26(7)37(50)25(6)36(49)22(3)15-14-16-23(4)43(54)45-29/h14-17,19-20,22,24-26,30,36-37,40,49-52H,12-13,18,21H2,1-11H3,(H,45,54)/b15-14+,19-17+,23-16-/t22-,24+,25+,26+,30-,36-,37+,40+,44-/m0/s1. The number of ketones is 1. The number of aliphatic hydroxyl groups excluding tert-OH is 2. The summed E-state index contributed by atoms with van der Waals surface area (Å²) in [6.07, 6.45) is 4.31. The van der Waals surface area contributed by atoms with Crippen molar-refractivity contribution < 1.29 is 63.3 Å². The van der Waals surface area contributed by atoms with Gasteiger partial charge in [-0.2, -0.15) is 0 Å². The maximum atomic E-state index is 14.5. The van der Waals surface area contributed by atoms with Gasteiger partial charge in [0.1, 0.15) is 23.4 Å². The minimum atomic E-state index is -2.02. The highest BCUT2D eigenvalue weighted by atomic mass is 16.7. The number of fused-ring (bicyclic) bond motifs is 14. The molecule has 5 bridgehead atoms. The number of nitrogens with zero attached hydrogens (tertiary/aromatic N) is 1. The fraction of sp³-hybridized carbons (Fsp3) is 0.545. The summed E-state index contributed by atoms with van der Waals surface area (Å²) < 4.78 is 29.8. The number of phenolic OH excluding ortho intramolecular Hbond substituents is 2. The van der Waals surface area contributed by atoms with Crippen molar-refractivity contribution in [3.05, 3.63) is 53.3 Å². The van der Waals surface area contributed by atoms with Crippen molar-refractivity contribution in [3.63, 3.8) is 0 Å². The number of Topliss-reactive ketones (excluding diaryl/α,β-unsaturated/α-hetero) is 1. The number of ether oxygens (including phenoxy) is 5. The second-order valence-corrected chi connectivity index (χ2v) is 15.7. The van der Waals surface area contributed by atoms with Crippen molar-refractivity contribution in [1.29, 1.82) is 0 Å². The molecule has 3 aliphatic heterocycles. The number of amides is 2. The lowest BCUT2D eigenvalue weighted by molar-refractivity contribution is -0.160. The highest BCUT2D eigenvalue weighted by Gasteiger charge is 2.49. The fourth-order valence-electron chi connectivity index (χ4n) is 7.71. The van der Waals surface area contributed by atoms with E-state index >= 15 is 0 Å². The molecule has 0 radical (unpaired) electrons. The van der Waals surface area contributed by atoms with E-state index in [1.165, 1.54) is 59.3 Å². The van der Waals surface area contributed by atoms with Crippen LogP contribution in [0.15, 0.2) is 42.2 Å². The van der Waals surface area contributed by atoms with Gasteiger partial charge in [-0.15, -0.1) is 0 Å². The van der Waals surface area contributed by atoms with Gasteiger partial charge < -0.3 is 54.3 Å². The number of aromatic hydroxyl groups is 2. The van der Waals surface area contributed by atoms with Gasteiger partial charge in [0.25, 0.3) is 17.6 Å². The molecule has 15 heteroatoms. The Bertz CT molecular complexity index is 2010. The molecule has 5 N–H and O–H groups in total. The third-order valence-electron chi connectivity index (χ3n) is 11.4. The first-order chi connectivity index (χ1) is 27.7. The van der Waals surface area contributed by atoms with E-state index in [1.54, 1.807) is 44.7 Å². The minimum Gasteiger partial charge on any atom is -0.507 e. The van der Waals surface area contributed by atoms with Crippen molar-refractivity contribution >= 4 is 40.0 Å². The van der Waals surface area contributed by atoms with Crippen molar-refractivity contribution in [2.75, 3.05) is 32.1 Å². The molecular formula is C44H60N2O13. The Kier molecular flexibility index (Phi) is 15.2. The maximum Gasteiger partial charge on any atom is 0.312 e. The lowest BCUT2D eigenvalue weighted by Gasteiger charge is -2.38. The predicted molar refractivity (Wildman–Crippen MR) is 220 cm³/mol. The van der Waals surface area contributed by atoms with Crippen LogP contribution in [0.3, 0.4) is 0 Å². The normalized spacial score (nSPS) is 29.8. The van der Waals surface area contributed by atoms with Crippen LogP contribution in [-0.2, 0) is 28.6 Å². The lowest BCUT2D eigenvalue weighted by atomic mass is 9.78. The zero-order valence-corrected chi connectivity index (χ0v) is 35.8. The third kappa shape index (κ3) is 9.69. The highest BCUT2D eigenvalue weighted by Crippen LogP contribution is 2.54. The number of nitrogens with one attached hydrogen (secondary N) is 1. The quantitative estimate of drug-likeness (QED) is 0.160. The van der Waals surface area contributed by atoms with Gasteiger partial charge in [-0.3, -0.25) is 19.2 Å². The number of methoxy groups -OCH3 is 1. The Labute approximate surface area is 345 Å². The van der Waals surface area contributed by atoms with Crippen LogP contribution in [0.2, 0.25) is 0 Å². The van der Waals surface area contributed by atoms with E-state index in [0.717, 1.165) is 0 Å². The van der Waals surface area contributed by atoms with E-state index in [4.69, 9.17) is 23.7 Å². The van der Waals surface area contributed by atoms with Crippen molar-refractivity contribution in [1.82, 2.24) is 4.90 Å². The van der Waals surface area contributed by atoms with Gasteiger partial charge >= 0.3 is 11.8 Å². The van der Waals surface area contributed by atoms with E-state index < -0.39 is 89.6 Å². The number of esters is 1. The molecule has 2 aromatic carbocycles. The van der Waals surface area contributed by atoms with Gasteiger partial charge in [-0.1, -0.05) is 52.8 Å². The first-order valence-corrected chi connectivity index (χ1v) is 20.0. The molecule has 0 saturated heterocycles. The first kappa shape index (κ1) is 46.6. The summed E-state index contributed by atoms with van der Waals surface area (Å²) in [6, 6.07) is 1.27. The largest absolute Gasteiger partial charge is 0.507 e. The molecule has 0 aromatic heterocycles. The number of likely N-dealkylation sites (N-methyl/N-ethyl adjacent to an activating group) is 1. The second-order valence-electron chi connectivity index (χ2n) is 15.7. The molecule has 3 heterocycles. The SMILES string of the molecule is CCCN(CC)C(=O)COc1cc2c(O)c3c(O)c(C)c4c(c13)C(=O)[C@@](C)(O/C=C/[C@H](OC)[C@@H](C)[C@@H](OC(C)=O)[C@H](C)[C@H](O)[C@H](C)[C@@H](O)[C@@H](C)/C=C/C=C(/C)C(=O)N2)O4. The molecule has 3 aliphatic rings. The van der Waals surface area contributed by atoms with Gasteiger partial charge in [0, 0.05) is 80.3 Å². The number of phenols is 2. The lowest BCUT2D eigenvalue weighted by Crippen LogP contribution is -2.46. The molecule has 2 aromatic rings. The summed E-state index contributed by atoms with van der Waals surface area (Å²) in [5.74, 6) is -7.98. The van der Waals surface area contributed by atoms with Crippen LogP contribution in [0, 0.1) is 30.6 Å². The molecule has 0 unspecified atom stereocenters. The molecule has 0 saturated carbocycles. The van der Waals surface area contributed by atoms with Crippen molar-refractivity contribution in [2.45, 2.75) is 106 Å². The second kappa shape index (κ2) is 19.3. The monoisotopic (exact) mass is 824 g/mol. The number of aliphatic hydroxyl groups is 2. The average Bonchev–Trinajstić information content (AvgIpc) is 3.46. The van der Waals surface area contributed by atoms with Crippen LogP contribution >= 0.6 is 0 Å². The number of hydrogen-bond acceptors (Lipinski definition) is 13. The molecule has 0 aliphatic carbocycles. The Balaban J connectivity index is 1.94. The Morgan fingerprint density at radius 2 is 1.64 bits per heavy atom. The van der Waals surface area contributed by atoms with Crippen LogP contribution < -0.4 is 14.8 Å². The molecule has 59 heavy (non-hydrogen) atoms. The van der Waals surface area contributed by atoms with Crippen molar-refractivity contribution in [3.8, 4) is 23.0 Å². The van der Waals surface area contributed by atoms with E-state index in [1.807, 2.05) is 13.8 Å². The molecule has 15 nitrogen and oxygen atoms in total. The topological polar surface area (TPSA) is 211 Å². The van der Waals surface area contributed by atoms with Crippen LogP contribution in [0.1, 0.15) is 84.7 Å². The van der Waals surface area contributed by atoms with Gasteiger partial charge in [-0.25, -0.2) is 0 Å². The van der Waals surface area contributed by atoms with Crippen LogP contribution in [-0.4, -0.2) is 106 Å². The van der Waals surface area contributed by atoms with Gasteiger partial charge in [0.2, 0.25) is 0 Å². The Hall–Kier alpha value is -5.12. The van der Waals surface area contributed by atoms with E-state index in [9.17, 15) is 39.6 Å². The summed E-state index contributed by atoms with van der Waals surface area (Å²) in [7, 11) is 1.44. The molecule has 324 valence electrons. The molecule has 0 fully saturated rings. The Morgan fingerprint density at radius 1 is 0.966 bits per heavy atom. The molecule has 2 amide bonds. The predicted octanol–water partition coefficient (Wildman–Crippen LogP) is 5.69. The van der Waals surface area contributed by atoms with Gasteiger partial charge in [-0.05, 0) is 33.3 Å². The minimum absolute atomic E-state index is 0.0551. The molecule has 9 atom stereocenters. The number of anilines is 1. The maximum absolute atomic E-state index is 14.5. The zero-order valence-electron chi connectivity index (χ0n) is 35.8. The number of benzene rings is 2. The first-order valence-electron chi connectivity index (χ1n) is 20.0. The Morgan fingerprint density at radius 3 is 2.25 bits per heavy atom. The average molecular weight is 825 g/mol. The molecule has 0 spiro atoms. The van der Waals surface area contributed by atoms with Gasteiger partial charge in [0.15, 0.2) is 12.4 Å².